The van der Waals surface area contributed by atoms with Gasteiger partial charge in [0.1, 0.15) is 12.4 Å². The average Bonchev–Trinajstić information content (AvgIpc) is 2.75. The minimum atomic E-state index is 0.113. The minimum Gasteiger partial charge on any atom is -0.492 e. The van der Waals surface area contributed by atoms with Crippen molar-refractivity contribution >= 4 is 11.8 Å². The molecule has 7 nitrogen and oxygen atoms in total. The zero-order valence-corrected chi connectivity index (χ0v) is 19.4. The predicted octanol–water partition coefficient (Wildman–Crippen LogP) is 1.77. The molecular weight excluding hydrogens is 392 g/mol. The second-order valence-electron chi connectivity index (χ2n) is 8.98. The van der Waals surface area contributed by atoms with E-state index in [9.17, 15) is 9.59 Å². The van der Waals surface area contributed by atoms with Crippen molar-refractivity contribution in [1.29, 1.82) is 0 Å². The van der Waals surface area contributed by atoms with E-state index in [0.29, 0.717) is 26.2 Å². The van der Waals surface area contributed by atoms with Crippen molar-refractivity contribution in [2.24, 2.45) is 0 Å². The summed E-state index contributed by atoms with van der Waals surface area (Å²) in [4.78, 5) is 33.2. The third kappa shape index (κ3) is 7.51. The van der Waals surface area contributed by atoms with Crippen LogP contribution in [0.1, 0.15) is 30.4 Å². The van der Waals surface area contributed by atoms with E-state index in [0.717, 1.165) is 57.9 Å². The monoisotopic (exact) mass is 430 g/mol. The van der Waals surface area contributed by atoms with Crippen molar-refractivity contribution in [3.8, 4) is 5.75 Å². The highest BCUT2D eigenvalue weighted by Crippen LogP contribution is 2.16. The van der Waals surface area contributed by atoms with Gasteiger partial charge in [0.05, 0.1) is 19.6 Å². The van der Waals surface area contributed by atoms with Crippen molar-refractivity contribution in [1.82, 2.24) is 19.6 Å². The van der Waals surface area contributed by atoms with Gasteiger partial charge in [-0.1, -0.05) is 6.07 Å². The van der Waals surface area contributed by atoms with Gasteiger partial charge in [-0.2, -0.15) is 0 Å². The fourth-order valence-electron chi connectivity index (χ4n) is 4.29. The Hall–Kier alpha value is -2.12. The summed E-state index contributed by atoms with van der Waals surface area (Å²) in [6.07, 6.45) is 3.50. The Morgan fingerprint density at radius 2 is 1.45 bits per heavy atom. The average molecular weight is 431 g/mol. The summed E-state index contributed by atoms with van der Waals surface area (Å²) in [7, 11) is 1.83. The molecule has 2 heterocycles. The number of nitrogens with zero attached hydrogens (tertiary/aromatic N) is 4. The maximum absolute atomic E-state index is 12.6. The molecular formula is C24H38N4O3. The normalized spacial score (nSPS) is 18.1. The van der Waals surface area contributed by atoms with E-state index in [1.54, 1.807) is 4.90 Å². The Morgan fingerprint density at radius 3 is 2.06 bits per heavy atom. The van der Waals surface area contributed by atoms with Crippen molar-refractivity contribution < 1.29 is 14.3 Å². The van der Waals surface area contributed by atoms with Gasteiger partial charge in [0, 0.05) is 46.3 Å². The number of ether oxygens (including phenoxy) is 1. The molecule has 2 fully saturated rings. The predicted molar refractivity (Wildman–Crippen MR) is 122 cm³/mol. The van der Waals surface area contributed by atoms with Crippen LogP contribution in [0.3, 0.4) is 0 Å². The molecule has 2 aliphatic rings. The molecule has 0 saturated carbocycles. The lowest BCUT2D eigenvalue weighted by Gasteiger charge is -2.36. The van der Waals surface area contributed by atoms with Crippen LogP contribution in [0.15, 0.2) is 18.2 Å². The molecule has 2 aliphatic heterocycles. The lowest BCUT2D eigenvalue weighted by Crippen LogP contribution is -2.52. The number of piperidine rings is 1. The van der Waals surface area contributed by atoms with E-state index >= 15 is 0 Å². The van der Waals surface area contributed by atoms with Gasteiger partial charge in [0.15, 0.2) is 0 Å². The second kappa shape index (κ2) is 11.5. The molecule has 172 valence electrons. The van der Waals surface area contributed by atoms with Crippen molar-refractivity contribution in [2.45, 2.75) is 33.1 Å². The van der Waals surface area contributed by atoms with Crippen LogP contribution in [-0.2, 0) is 9.59 Å². The summed E-state index contributed by atoms with van der Waals surface area (Å²) in [5, 5.41) is 0. The fraction of sp³-hybridized carbons (Fsp3) is 0.667. The summed E-state index contributed by atoms with van der Waals surface area (Å²) in [6.45, 7) is 11.2. The first-order valence-electron chi connectivity index (χ1n) is 11.6. The summed E-state index contributed by atoms with van der Waals surface area (Å²) in [6, 6.07) is 6.15. The number of likely N-dealkylation sites (N-methyl/N-ethyl adjacent to an activating group) is 1. The summed E-state index contributed by atoms with van der Waals surface area (Å²) >= 11 is 0. The van der Waals surface area contributed by atoms with Gasteiger partial charge in [0.2, 0.25) is 11.8 Å². The summed E-state index contributed by atoms with van der Waals surface area (Å²) in [5.41, 5.74) is 2.35. The Balaban J connectivity index is 1.32. The lowest BCUT2D eigenvalue weighted by atomic mass is 10.1. The van der Waals surface area contributed by atoms with Gasteiger partial charge in [-0.25, -0.2) is 0 Å². The topological polar surface area (TPSA) is 56.3 Å². The van der Waals surface area contributed by atoms with Crippen LogP contribution in [0.2, 0.25) is 0 Å². The standard InChI is InChI=1S/C24H38N4O3/c1-20-15-21(2)17-22(16-20)31-14-13-25(3)23(29)18-26-9-11-27(12-10-26)19-24(30)28-7-5-4-6-8-28/h15-17H,4-14,18-19H2,1-3H3. The zero-order valence-electron chi connectivity index (χ0n) is 19.4. The maximum atomic E-state index is 12.6. The number of likely N-dealkylation sites (tertiary alicyclic amines) is 1. The maximum Gasteiger partial charge on any atom is 0.236 e. The molecule has 0 N–H and O–H groups in total. The van der Waals surface area contributed by atoms with E-state index in [4.69, 9.17) is 4.74 Å². The molecule has 7 heteroatoms. The van der Waals surface area contributed by atoms with Crippen LogP contribution in [0, 0.1) is 13.8 Å². The molecule has 1 aromatic carbocycles. The third-order valence-corrected chi connectivity index (χ3v) is 6.21. The van der Waals surface area contributed by atoms with E-state index in [1.807, 2.05) is 24.1 Å². The SMILES string of the molecule is Cc1cc(C)cc(OCCN(C)C(=O)CN2CCN(CC(=O)N3CCCCC3)CC2)c1. The molecule has 1 aromatic rings. The van der Waals surface area contributed by atoms with Crippen molar-refractivity contribution in [2.75, 3.05) is 72.6 Å². The first-order valence-corrected chi connectivity index (χ1v) is 11.6. The van der Waals surface area contributed by atoms with Crippen LogP contribution < -0.4 is 4.74 Å². The van der Waals surface area contributed by atoms with E-state index in [2.05, 4.69) is 29.7 Å². The molecule has 3 rings (SSSR count). The van der Waals surface area contributed by atoms with Crippen LogP contribution in [0.5, 0.6) is 5.75 Å². The molecule has 0 aliphatic carbocycles. The highest BCUT2D eigenvalue weighted by Gasteiger charge is 2.24. The van der Waals surface area contributed by atoms with Crippen LogP contribution >= 0.6 is 0 Å². The number of benzene rings is 1. The van der Waals surface area contributed by atoms with Gasteiger partial charge in [0.25, 0.3) is 0 Å². The minimum absolute atomic E-state index is 0.113. The van der Waals surface area contributed by atoms with Gasteiger partial charge in [-0.05, 0) is 56.4 Å². The Bertz CT molecular complexity index is 720. The molecule has 2 amide bonds. The number of aryl methyl sites for hydroxylation is 2. The summed E-state index contributed by atoms with van der Waals surface area (Å²) < 4.78 is 5.83. The number of hydrogen-bond donors (Lipinski definition) is 0. The molecule has 0 radical (unpaired) electrons. The zero-order chi connectivity index (χ0) is 22.2. The second-order valence-corrected chi connectivity index (χ2v) is 8.98. The highest BCUT2D eigenvalue weighted by atomic mass is 16.5. The molecule has 2 saturated heterocycles. The quantitative estimate of drug-likeness (QED) is 0.629. The molecule has 0 aromatic heterocycles. The van der Waals surface area contributed by atoms with E-state index < -0.39 is 0 Å². The van der Waals surface area contributed by atoms with Crippen LogP contribution in [0.25, 0.3) is 0 Å². The molecule has 0 spiro atoms. The van der Waals surface area contributed by atoms with Crippen LogP contribution in [0.4, 0.5) is 0 Å². The smallest absolute Gasteiger partial charge is 0.236 e. The van der Waals surface area contributed by atoms with Gasteiger partial charge < -0.3 is 14.5 Å². The number of hydrogen-bond acceptors (Lipinski definition) is 5. The lowest BCUT2D eigenvalue weighted by molar-refractivity contribution is -0.135. The third-order valence-electron chi connectivity index (χ3n) is 6.21. The largest absolute Gasteiger partial charge is 0.492 e. The van der Waals surface area contributed by atoms with Crippen molar-refractivity contribution in [3.63, 3.8) is 0 Å². The fourth-order valence-corrected chi connectivity index (χ4v) is 4.29. The molecule has 0 unspecified atom stereocenters. The number of amides is 2. The molecule has 0 atom stereocenters. The summed E-state index contributed by atoms with van der Waals surface area (Å²) in [5.74, 6) is 1.23. The van der Waals surface area contributed by atoms with Gasteiger partial charge >= 0.3 is 0 Å². The van der Waals surface area contributed by atoms with Gasteiger partial charge in [-0.15, -0.1) is 0 Å². The first-order chi connectivity index (χ1) is 14.9. The van der Waals surface area contributed by atoms with E-state index in [1.165, 1.54) is 17.5 Å². The first kappa shape index (κ1) is 23.5. The molecule has 31 heavy (non-hydrogen) atoms. The number of piperazine rings is 1. The Morgan fingerprint density at radius 1 is 0.871 bits per heavy atom. The number of rotatable bonds is 8. The number of carbonyl (C=O) groups is 2. The molecule has 0 bridgehead atoms. The van der Waals surface area contributed by atoms with E-state index in [-0.39, 0.29) is 11.8 Å². The number of carbonyl (C=O) groups excluding carboxylic acids is 2. The van der Waals surface area contributed by atoms with Crippen molar-refractivity contribution in [3.05, 3.63) is 29.3 Å². The van der Waals surface area contributed by atoms with Crippen LogP contribution in [-0.4, -0.2) is 104 Å². The van der Waals surface area contributed by atoms with Gasteiger partial charge in [-0.3, -0.25) is 19.4 Å². The highest BCUT2D eigenvalue weighted by molar-refractivity contribution is 5.78. The Kier molecular flexibility index (Phi) is 8.72. The Labute approximate surface area is 186 Å².